The summed E-state index contributed by atoms with van der Waals surface area (Å²) in [5.74, 6) is -1.61. The summed E-state index contributed by atoms with van der Waals surface area (Å²) in [4.78, 5) is 13.8. The van der Waals surface area contributed by atoms with E-state index in [1.54, 1.807) is 18.2 Å². The predicted octanol–water partition coefficient (Wildman–Crippen LogP) is 2.60. The summed E-state index contributed by atoms with van der Waals surface area (Å²) in [5, 5.41) is 1.65. The van der Waals surface area contributed by atoms with Crippen LogP contribution in [0, 0.1) is 5.82 Å². The highest BCUT2D eigenvalue weighted by Crippen LogP contribution is 2.18. The number of halogens is 1. The first-order valence-electron chi connectivity index (χ1n) is 7.03. The van der Waals surface area contributed by atoms with Gasteiger partial charge in [0.15, 0.2) is 0 Å². The van der Waals surface area contributed by atoms with Crippen LogP contribution >= 0.6 is 0 Å². The molecule has 7 heteroatoms. The number of nitrogens with one attached hydrogen (secondary N) is 2. The van der Waals surface area contributed by atoms with Gasteiger partial charge >= 0.3 is 0 Å². The Labute approximate surface area is 138 Å². The molecule has 3 aromatic carbocycles. The topological polar surface area (TPSA) is 75.3 Å². The zero-order valence-electron chi connectivity index (χ0n) is 12.4. The molecule has 122 valence electrons. The molecule has 5 nitrogen and oxygen atoms in total. The van der Waals surface area contributed by atoms with Crippen molar-refractivity contribution < 1.29 is 17.6 Å². The zero-order chi connectivity index (χ0) is 17.2. The second-order valence-electron chi connectivity index (χ2n) is 5.05. The molecule has 0 heterocycles. The van der Waals surface area contributed by atoms with E-state index < -0.39 is 21.7 Å². The van der Waals surface area contributed by atoms with Gasteiger partial charge in [-0.05, 0) is 35.0 Å². The Kier molecular flexibility index (Phi) is 4.28. The van der Waals surface area contributed by atoms with Gasteiger partial charge in [0.25, 0.3) is 15.9 Å². The maximum Gasteiger partial charge on any atom is 0.269 e. The summed E-state index contributed by atoms with van der Waals surface area (Å²) in [5.41, 5.74) is 1.76. The van der Waals surface area contributed by atoms with Crippen LogP contribution < -0.4 is 10.3 Å². The molecule has 0 aliphatic carbocycles. The van der Waals surface area contributed by atoms with Crippen molar-refractivity contribution in [3.05, 3.63) is 78.1 Å². The zero-order valence-corrected chi connectivity index (χ0v) is 13.2. The van der Waals surface area contributed by atoms with Crippen molar-refractivity contribution in [2.24, 2.45) is 0 Å². The largest absolute Gasteiger partial charge is 0.273 e. The first-order valence-corrected chi connectivity index (χ1v) is 8.51. The molecule has 0 fully saturated rings. The van der Waals surface area contributed by atoms with E-state index in [2.05, 4.69) is 0 Å². The molecule has 0 aromatic heterocycles. The standard InChI is InChI=1S/C17H13FN2O3S/c18-16-8-4-3-7-15(16)17(21)19-20-24(22,23)14-10-9-12-5-1-2-6-13(12)11-14/h1-11,20H,(H,19,21). The van der Waals surface area contributed by atoms with Gasteiger partial charge in [-0.1, -0.05) is 42.5 Å². The second kappa shape index (κ2) is 6.38. The number of hydrogen-bond donors (Lipinski definition) is 2. The number of rotatable bonds is 4. The van der Waals surface area contributed by atoms with Crippen LogP contribution in [0.1, 0.15) is 10.4 Å². The number of carbonyl (C=O) groups excluding carboxylic acids is 1. The van der Waals surface area contributed by atoms with Crippen LogP contribution in [0.5, 0.6) is 0 Å². The maximum atomic E-state index is 13.5. The van der Waals surface area contributed by atoms with E-state index in [9.17, 15) is 17.6 Å². The lowest BCUT2D eigenvalue weighted by Gasteiger charge is -2.09. The number of sulfonamides is 1. The number of benzene rings is 3. The average Bonchev–Trinajstić information content (AvgIpc) is 2.60. The molecule has 3 aromatic rings. The number of hydrogen-bond acceptors (Lipinski definition) is 3. The SMILES string of the molecule is O=C(NNS(=O)(=O)c1ccc2ccccc2c1)c1ccccc1F. The molecule has 0 atom stereocenters. The molecule has 24 heavy (non-hydrogen) atoms. The van der Waals surface area contributed by atoms with Crippen molar-refractivity contribution in [1.29, 1.82) is 0 Å². The molecular weight excluding hydrogens is 331 g/mol. The van der Waals surface area contributed by atoms with E-state index in [0.29, 0.717) is 0 Å². The first kappa shape index (κ1) is 16.1. The van der Waals surface area contributed by atoms with Crippen LogP contribution in [0.2, 0.25) is 0 Å². The monoisotopic (exact) mass is 344 g/mol. The van der Waals surface area contributed by atoms with Crippen molar-refractivity contribution in [3.8, 4) is 0 Å². The molecule has 0 radical (unpaired) electrons. The highest BCUT2D eigenvalue weighted by atomic mass is 32.2. The van der Waals surface area contributed by atoms with Crippen molar-refractivity contribution in [2.75, 3.05) is 0 Å². The second-order valence-corrected chi connectivity index (χ2v) is 6.73. The van der Waals surface area contributed by atoms with Gasteiger partial charge in [0.05, 0.1) is 10.5 Å². The van der Waals surface area contributed by atoms with Crippen LogP contribution in [0.15, 0.2) is 71.6 Å². The number of hydrazine groups is 1. The van der Waals surface area contributed by atoms with E-state index in [4.69, 9.17) is 0 Å². The first-order chi connectivity index (χ1) is 11.5. The van der Waals surface area contributed by atoms with Gasteiger partial charge in [-0.25, -0.2) is 12.8 Å². The van der Waals surface area contributed by atoms with E-state index in [0.717, 1.165) is 16.8 Å². The third kappa shape index (κ3) is 3.27. The Balaban J connectivity index is 1.80. The molecule has 0 bridgehead atoms. The maximum absolute atomic E-state index is 13.5. The number of fused-ring (bicyclic) bond motifs is 1. The van der Waals surface area contributed by atoms with Crippen molar-refractivity contribution in [1.82, 2.24) is 10.3 Å². The quantitative estimate of drug-likeness (QED) is 0.715. The molecule has 0 aliphatic heterocycles. The lowest BCUT2D eigenvalue weighted by molar-refractivity contribution is 0.0941. The highest BCUT2D eigenvalue weighted by molar-refractivity contribution is 7.89. The van der Waals surface area contributed by atoms with E-state index in [-0.39, 0.29) is 10.5 Å². The minimum Gasteiger partial charge on any atom is -0.273 e. The summed E-state index contributed by atoms with van der Waals surface area (Å²) >= 11 is 0. The molecule has 1 amide bonds. The van der Waals surface area contributed by atoms with E-state index >= 15 is 0 Å². The Morgan fingerprint density at radius 1 is 0.875 bits per heavy atom. The molecule has 0 unspecified atom stereocenters. The van der Waals surface area contributed by atoms with Crippen LogP contribution in [-0.2, 0) is 10.0 Å². The van der Waals surface area contributed by atoms with Gasteiger partial charge in [-0.3, -0.25) is 10.2 Å². The predicted molar refractivity (Wildman–Crippen MR) is 88.1 cm³/mol. The number of amides is 1. The Hall–Kier alpha value is -2.77. The summed E-state index contributed by atoms with van der Waals surface area (Å²) in [6.45, 7) is 0. The third-order valence-electron chi connectivity index (χ3n) is 3.45. The van der Waals surface area contributed by atoms with Gasteiger partial charge < -0.3 is 0 Å². The van der Waals surface area contributed by atoms with Gasteiger partial charge in [-0.15, -0.1) is 4.83 Å². The lowest BCUT2D eigenvalue weighted by Crippen LogP contribution is -2.41. The third-order valence-corrected chi connectivity index (χ3v) is 4.69. The van der Waals surface area contributed by atoms with E-state index in [1.165, 1.54) is 30.3 Å². The van der Waals surface area contributed by atoms with Gasteiger partial charge in [0, 0.05) is 0 Å². The average molecular weight is 344 g/mol. The van der Waals surface area contributed by atoms with Gasteiger partial charge in [0.1, 0.15) is 5.82 Å². The fourth-order valence-electron chi connectivity index (χ4n) is 2.22. The van der Waals surface area contributed by atoms with Crippen LogP contribution in [-0.4, -0.2) is 14.3 Å². The van der Waals surface area contributed by atoms with Crippen LogP contribution in [0.4, 0.5) is 4.39 Å². The molecule has 0 saturated carbocycles. The normalized spacial score (nSPS) is 11.4. The fourth-order valence-corrected chi connectivity index (χ4v) is 3.09. The minimum absolute atomic E-state index is 0.00460. The molecule has 2 N–H and O–H groups in total. The Morgan fingerprint density at radius 2 is 1.54 bits per heavy atom. The van der Waals surface area contributed by atoms with Gasteiger partial charge in [-0.2, -0.15) is 0 Å². The van der Waals surface area contributed by atoms with Gasteiger partial charge in [0.2, 0.25) is 0 Å². The van der Waals surface area contributed by atoms with Crippen molar-refractivity contribution >= 4 is 26.7 Å². The molecular formula is C17H13FN2O3S. The summed E-state index contributed by atoms with van der Waals surface area (Å²) in [6.07, 6.45) is 0. The van der Waals surface area contributed by atoms with Crippen LogP contribution in [0.25, 0.3) is 10.8 Å². The number of carbonyl (C=O) groups is 1. The van der Waals surface area contributed by atoms with E-state index in [1.807, 2.05) is 22.4 Å². The summed E-state index contributed by atoms with van der Waals surface area (Å²) in [7, 11) is -3.97. The Bertz CT molecular complexity index is 1020. The van der Waals surface area contributed by atoms with Crippen molar-refractivity contribution in [3.63, 3.8) is 0 Å². The summed E-state index contributed by atoms with van der Waals surface area (Å²) < 4.78 is 38.1. The van der Waals surface area contributed by atoms with Crippen LogP contribution in [0.3, 0.4) is 0 Å². The molecule has 0 spiro atoms. The highest BCUT2D eigenvalue weighted by Gasteiger charge is 2.17. The molecule has 0 aliphatic rings. The fraction of sp³-hybridized carbons (Fsp3) is 0. The lowest BCUT2D eigenvalue weighted by atomic mass is 10.1. The van der Waals surface area contributed by atoms with Crippen molar-refractivity contribution in [2.45, 2.75) is 4.90 Å². The minimum atomic E-state index is -3.97. The molecule has 3 rings (SSSR count). The summed E-state index contributed by atoms with van der Waals surface area (Å²) in [6, 6.07) is 17.2. The molecule has 0 saturated heterocycles. The smallest absolute Gasteiger partial charge is 0.269 e. The Morgan fingerprint density at radius 3 is 2.29 bits per heavy atom.